The summed E-state index contributed by atoms with van der Waals surface area (Å²) in [6, 6.07) is 4.08. The zero-order valence-corrected chi connectivity index (χ0v) is 7.83. The molecule has 0 radical (unpaired) electrons. The summed E-state index contributed by atoms with van der Waals surface area (Å²) in [6.07, 6.45) is 10.8. The van der Waals surface area contributed by atoms with Crippen molar-refractivity contribution in [2.75, 3.05) is 0 Å². The molecule has 0 N–H and O–H groups in total. The van der Waals surface area contributed by atoms with Crippen LogP contribution in [0.4, 0.5) is 0 Å². The van der Waals surface area contributed by atoms with Crippen LogP contribution in [0.5, 0.6) is 0 Å². The van der Waals surface area contributed by atoms with E-state index in [0.717, 1.165) is 18.5 Å². The molecule has 0 saturated heterocycles. The molecular weight excluding hydrogens is 158 g/mol. The van der Waals surface area contributed by atoms with Crippen molar-refractivity contribution in [1.82, 2.24) is 4.98 Å². The standard InChI is InChI=1S/C12H13N/c1-10-6-5-9-13-12(10)11-7-3-2-4-8-11/h3,5-9H,2,4H2,1H3. The van der Waals surface area contributed by atoms with Crippen LogP contribution in [0.25, 0.3) is 5.57 Å². The van der Waals surface area contributed by atoms with Crippen molar-refractivity contribution in [3.63, 3.8) is 0 Å². The van der Waals surface area contributed by atoms with E-state index in [0.29, 0.717) is 0 Å². The zero-order chi connectivity index (χ0) is 9.10. The summed E-state index contributed by atoms with van der Waals surface area (Å²) in [5.41, 5.74) is 3.64. The predicted octanol–water partition coefficient (Wildman–Crippen LogP) is 3.12. The van der Waals surface area contributed by atoms with E-state index >= 15 is 0 Å². The van der Waals surface area contributed by atoms with Crippen LogP contribution < -0.4 is 0 Å². The first-order chi connectivity index (χ1) is 6.38. The lowest BCUT2D eigenvalue weighted by atomic mass is 10.0. The number of rotatable bonds is 1. The maximum absolute atomic E-state index is 4.38. The van der Waals surface area contributed by atoms with Crippen LogP contribution >= 0.6 is 0 Å². The summed E-state index contributed by atoms with van der Waals surface area (Å²) in [7, 11) is 0. The predicted molar refractivity (Wildman–Crippen MR) is 55.3 cm³/mol. The molecule has 1 aliphatic rings. The monoisotopic (exact) mass is 171 g/mol. The molecule has 0 unspecified atom stereocenters. The molecule has 0 fully saturated rings. The van der Waals surface area contributed by atoms with Crippen LogP contribution in [0.2, 0.25) is 0 Å². The Kier molecular flexibility index (Phi) is 2.26. The van der Waals surface area contributed by atoms with E-state index in [9.17, 15) is 0 Å². The number of hydrogen-bond acceptors (Lipinski definition) is 1. The van der Waals surface area contributed by atoms with Gasteiger partial charge in [0.25, 0.3) is 0 Å². The zero-order valence-electron chi connectivity index (χ0n) is 7.83. The maximum atomic E-state index is 4.38. The van der Waals surface area contributed by atoms with Crippen molar-refractivity contribution in [2.45, 2.75) is 19.8 Å². The Hall–Kier alpha value is -1.37. The number of allylic oxidation sites excluding steroid dienone is 4. The highest BCUT2D eigenvalue weighted by molar-refractivity contribution is 5.74. The van der Waals surface area contributed by atoms with Gasteiger partial charge in [-0.05, 0) is 37.0 Å². The third-order valence-corrected chi connectivity index (χ3v) is 2.28. The summed E-state index contributed by atoms with van der Waals surface area (Å²) in [4.78, 5) is 4.38. The van der Waals surface area contributed by atoms with Crippen LogP contribution in [0.3, 0.4) is 0 Å². The van der Waals surface area contributed by atoms with Gasteiger partial charge in [0.1, 0.15) is 0 Å². The molecule has 0 amide bonds. The molecule has 13 heavy (non-hydrogen) atoms. The molecule has 1 aromatic heterocycles. The van der Waals surface area contributed by atoms with Crippen molar-refractivity contribution < 1.29 is 0 Å². The average molecular weight is 171 g/mol. The lowest BCUT2D eigenvalue weighted by Gasteiger charge is -2.08. The van der Waals surface area contributed by atoms with Crippen molar-refractivity contribution in [3.05, 3.63) is 47.8 Å². The van der Waals surface area contributed by atoms with Gasteiger partial charge in [-0.1, -0.05) is 24.3 Å². The molecule has 66 valence electrons. The second kappa shape index (κ2) is 3.56. The Balaban J connectivity index is 2.40. The Morgan fingerprint density at radius 1 is 1.31 bits per heavy atom. The van der Waals surface area contributed by atoms with Crippen molar-refractivity contribution in [1.29, 1.82) is 0 Å². The van der Waals surface area contributed by atoms with Crippen LogP contribution in [0.1, 0.15) is 24.1 Å². The lowest BCUT2D eigenvalue weighted by Crippen LogP contribution is -1.92. The SMILES string of the molecule is Cc1cccnc1C1=CCCC=C1. The van der Waals surface area contributed by atoms with Crippen molar-refractivity contribution in [3.8, 4) is 0 Å². The Morgan fingerprint density at radius 2 is 2.23 bits per heavy atom. The third kappa shape index (κ3) is 1.69. The lowest BCUT2D eigenvalue weighted by molar-refractivity contribution is 1.03. The molecule has 0 bridgehead atoms. The van der Waals surface area contributed by atoms with Gasteiger partial charge in [0.15, 0.2) is 0 Å². The van der Waals surface area contributed by atoms with Gasteiger partial charge in [0, 0.05) is 6.20 Å². The minimum Gasteiger partial charge on any atom is -0.256 e. The Morgan fingerprint density at radius 3 is 2.92 bits per heavy atom. The summed E-state index contributed by atoms with van der Waals surface area (Å²) in [6.45, 7) is 2.10. The fourth-order valence-corrected chi connectivity index (χ4v) is 1.58. The van der Waals surface area contributed by atoms with Crippen molar-refractivity contribution in [2.24, 2.45) is 0 Å². The molecule has 0 saturated carbocycles. The molecule has 2 rings (SSSR count). The summed E-state index contributed by atoms with van der Waals surface area (Å²) >= 11 is 0. The normalized spacial score (nSPS) is 15.6. The van der Waals surface area contributed by atoms with Crippen LogP contribution in [-0.4, -0.2) is 4.98 Å². The number of hydrogen-bond donors (Lipinski definition) is 0. The minimum atomic E-state index is 1.12. The molecular formula is C12H13N. The smallest absolute Gasteiger partial charge is 0.0727 e. The van der Waals surface area contributed by atoms with Gasteiger partial charge in [0.05, 0.1) is 5.69 Å². The number of aryl methyl sites for hydroxylation is 1. The fourth-order valence-electron chi connectivity index (χ4n) is 1.58. The molecule has 1 nitrogen and oxygen atoms in total. The van der Waals surface area contributed by atoms with E-state index in [1.807, 2.05) is 12.3 Å². The van der Waals surface area contributed by atoms with Crippen LogP contribution in [0, 0.1) is 6.92 Å². The average Bonchev–Trinajstić information content (AvgIpc) is 2.20. The van der Waals surface area contributed by atoms with Gasteiger partial charge in [-0.2, -0.15) is 0 Å². The number of aromatic nitrogens is 1. The van der Waals surface area contributed by atoms with Gasteiger partial charge in [-0.25, -0.2) is 0 Å². The van der Waals surface area contributed by atoms with Crippen LogP contribution in [-0.2, 0) is 0 Å². The van der Waals surface area contributed by atoms with E-state index in [-0.39, 0.29) is 0 Å². The topological polar surface area (TPSA) is 12.9 Å². The van der Waals surface area contributed by atoms with Gasteiger partial charge in [0.2, 0.25) is 0 Å². The van der Waals surface area contributed by atoms with E-state index < -0.39 is 0 Å². The quantitative estimate of drug-likeness (QED) is 0.632. The molecule has 0 spiro atoms. The second-order valence-corrected chi connectivity index (χ2v) is 3.31. The molecule has 1 heteroatoms. The van der Waals surface area contributed by atoms with Gasteiger partial charge < -0.3 is 0 Å². The highest BCUT2D eigenvalue weighted by Crippen LogP contribution is 2.21. The highest BCUT2D eigenvalue weighted by Gasteiger charge is 2.04. The third-order valence-electron chi connectivity index (χ3n) is 2.28. The first kappa shape index (κ1) is 8.24. The maximum Gasteiger partial charge on any atom is 0.0727 e. The summed E-state index contributed by atoms with van der Waals surface area (Å²) in [5, 5.41) is 0. The van der Waals surface area contributed by atoms with E-state index in [1.54, 1.807) is 0 Å². The second-order valence-electron chi connectivity index (χ2n) is 3.31. The minimum absolute atomic E-state index is 1.12. The Labute approximate surface area is 78.8 Å². The molecule has 0 atom stereocenters. The molecule has 1 aliphatic carbocycles. The van der Waals surface area contributed by atoms with Gasteiger partial charge in [-0.15, -0.1) is 0 Å². The van der Waals surface area contributed by atoms with Crippen molar-refractivity contribution >= 4 is 5.57 Å². The fraction of sp³-hybridized carbons (Fsp3) is 0.250. The first-order valence-electron chi connectivity index (χ1n) is 4.66. The van der Waals surface area contributed by atoms with E-state index in [2.05, 4.69) is 36.2 Å². The highest BCUT2D eigenvalue weighted by atomic mass is 14.7. The van der Waals surface area contributed by atoms with Gasteiger partial charge in [-0.3, -0.25) is 4.98 Å². The van der Waals surface area contributed by atoms with E-state index in [4.69, 9.17) is 0 Å². The molecule has 1 aromatic rings. The molecule has 0 aromatic carbocycles. The Bertz CT molecular complexity index is 361. The van der Waals surface area contributed by atoms with E-state index in [1.165, 1.54) is 11.1 Å². The summed E-state index contributed by atoms with van der Waals surface area (Å²) in [5.74, 6) is 0. The largest absolute Gasteiger partial charge is 0.256 e. The number of nitrogens with zero attached hydrogens (tertiary/aromatic N) is 1. The first-order valence-corrected chi connectivity index (χ1v) is 4.66. The number of pyridine rings is 1. The molecule has 0 aliphatic heterocycles. The molecule has 1 heterocycles. The summed E-state index contributed by atoms with van der Waals surface area (Å²) < 4.78 is 0. The van der Waals surface area contributed by atoms with Crippen LogP contribution in [0.15, 0.2) is 36.6 Å². The van der Waals surface area contributed by atoms with Gasteiger partial charge >= 0.3 is 0 Å².